The van der Waals surface area contributed by atoms with Crippen LogP contribution in [0.4, 0.5) is 13.2 Å². The molecule has 0 radical (unpaired) electrons. The molecule has 11 heteroatoms. The third-order valence-corrected chi connectivity index (χ3v) is 4.93. The van der Waals surface area contributed by atoms with Crippen LogP contribution >= 0.6 is 35.3 Å². The molecule has 1 N–H and O–H groups in total. The predicted octanol–water partition coefficient (Wildman–Crippen LogP) is 4.28. The van der Waals surface area contributed by atoms with Gasteiger partial charge in [-0.15, -0.1) is 35.3 Å². The molecule has 2 heterocycles. The molecule has 2 aromatic rings. The zero-order valence-electron chi connectivity index (χ0n) is 17.2. The summed E-state index contributed by atoms with van der Waals surface area (Å²) in [6, 6.07) is 0. The normalized spacial score (nSPS) is 12.2. The molecule has 0 bridgehead atoms. The van der Waals surface area contributed by atoms with Crippen LogP contribution in [-0.4, -0.2) is 45.8 Å². The molecule has 0 amide bonds. The minimum Gasteiger partial charge on any atom is -0.357 e. The van der Waals surface area contributed by atoms with E-state index in [-0.39, 0.29) is 24.0 Å². The Morgan fingerprint density at radius 2 is 2.07 bits per heavy atom. The van der Waals surface area contributed by atoms with Gasteiger partial charge in [-0.1, -0.05) is 13.8 Å². The van der Waals surface area contributed by atoms with Crippen LogP contribution in [-0.2, 0) is 26.2 Å². The molecule has 0 aliphatic carbocycles. The second-order valence-electron chi connectivity index (χ2n) is 6.83. The molecule has 0 saturated heterocycles. The molecule has 0 spiro atoms. The van der Waals surface area contributed by atoms with Crippen molar-refractivity contribution >= 4 is 41.3 Å². The summed E-state index contributed by atoms with van der Waals surface area (Å²) in [5.41, 5.74) is 1.34. The Balaban J connectivity index is 0.00000420. The molecule has 164 valence electrons. The number of halogens is 4. The topological polar surface area (TPSA) is 58.3 Å². The highest BCUT2D eigenvalue weighted by molar-refractivity contribution is 14.0. The molecule has 0 aromatic carbocycles. The lowest BCUT2D eigenvalue weighted by Gasteiger charge is -2.22. The van der Waals surface area contributed by atoms with Gasteiger partial charge in [0.25, 0.3) is 0 Å². The lowest BCUT2D eigenvalue weighted by Crippen LogP contribution is -2.38. The smallest absolute Gasteiger partial charge is 0.357 e. The molecule has 29 heavy (non-hydrogen) atoms. The maximum absolute atomic E-state index is 12.6. The van der Waals surface area contributed by atoms with Crippen LogP contribution in [0.2, 0.25) is 0 Å². The quantitative estimate of drug-likeness (QED) is 0.322. The lowest BCUT2D eigenvalue weighted by atomic mass is 10.1. The van der Waals surface area contributed by atoms with Gasteiger partial charge in [-0.3, -0.25) is 9.67 Å². The highest BCUT2D eigenvalue weighted by Crippen LogP contribution is 2.30. The van der Waals surface area contributed by atoms with Gasteiger partial charge in [-0.05, 0) is 12.8 Å². The van der Waals surface area contributed by atoms with E-state index in [1.54, 1.807) is 0 Å². The molecular formula is C18H28F3IN6S. The lowest BCUT2D eigenvalue weighted by molar-refractivity contribution is -0.140. The zero-order valence-corrected chi connectivity index (χ0v) is 20.4. The monoisotopic (exact) mass is 544 g/mol. The van der Waals surface area contributed by atoms with Crippen molar-refractivity contribution in [3.8, 4) is 0 Å². The average Bonchev–Trinajstić information content (AvgIpc) is 3.20. The molecule has 6 nitrogen and oxygen atoms in total. The number of aliphatic imine (C=N–C) groups is 1. The number of hydrogen-bond acceptors (Lipinski definition) is 4. The standard InChI is InChI=1S/C18H27F3N6S.HI/c1-6-22-17(23-8-7-15-24-14(11-28-15)18(19,20)21)26(4)9-13-10-27(5)25-16(13)12(2)3;/h10-12H,6-9H2,1-5H3,(H,22,23);1H. The third-order valence-electron chi connectivity index (χ3n) is 4.02. The van der Waals surface area contributed by atoms with Crippen molar-refractivity contribution in [1.29, 1.82) is 0 Å². The summed E-state index contributed by atoms with van der Waals surface area (Å²) in [6.07, 6.45) is -2.03. The number of rotatable bonds is 7. The number of alkyl halides is 3. The van der Waals surface area contributed by atoms with Gasteiger partial charge in [0.15, 0.2) is 11.7 Å². The van der Waals surface area contributed by atoms with Gasteiger partial charge >= 0.3 is 6.18 Å². The first-order valence-electron chi connectivity index (χ1n) is 9.15. The van der Waals surface area contributed by atoms with E-state index in [1.165, 1.54) is 0 Å². The number of nitrogens with zero attached hydrogens (tertiary/aromatic N) is 5. The molecule has 0 saturated carbocycles. The largest absolute Gasteiger partial charge is 0.434 e. The van der Waals surface area contributed by atoms with Gasteiger partial charge in [-0.25, -0.2) is 4.98 Å². The number of aromatic nitrogens is 3. The molecular weight excluding hydrogens is 516 g/mol. The molecule has 0 unspecified atom stereocenters. The number of thiazole rings is 1. The van der Waals surface area contributed by atoms with Crippen molar-refractivity contribution in [1.82, 2.24) is 25.0 Å². The van der Waals surface area contributed by atoms with E-state index in [9.17, 15) is 13.2 Å². The van der Waals surface area contributed by atoms with E-state index in [2.05, 4.69) is 34.2 Å². The summed E-state index contributed by atoms with van der Waals surface area (Å²) in [4.78, 5) is 10.2. The summed E-state index contributed by atoms with van der Waals surface area (Å²) in [5, 5.41) is 9.23. The van der Waals surface area contributed by atoms with Crippen LogP contribution in [0.25, 0.3) is 0 Å². The SMILES string of the molecule is CCNC(=NCCc1nc(C(F)(F)F)cs1)N(C)Cc1cn(C)nc1C(C)C.I. The van der Waals surface area contributed by atoms with E-state index >= 15 is 0 Å². The predicted molar refractivity (Wildman–Crippen MR) is 121 cm³/mol. The van der Waals surface area contributed by atoms with Crippen molar-refractivity contribution in [2.75, 3.05) is 20.1 Å². The van der Waals surface area contributed by atoms with Crippen LogP contribution in [0, 0.1) is 0 Å². The Kier molecular flexibility index (Phi) is 9.86. The first-order valence-corrected chi connectivity index (χ1v) is 10.0. The first-order chi connectivity index (χ1) is 13.1. The Labute approximate surface area is 190 Å². The van der Waals surface area contributed by atoms with E-state index in [0.717, 1.165) is 28.0 Å². The highest BCUT2D eigenvalue weighted by atomic mass is 127. The number of hydrogen-bond donors (Lipinski definition) is 1. The molecule has 0 fully saturated rings. The summed E-state index contributed by atoms with van der Waals surface area (Å²) < 4.78 is 39.8. The van der Waals surface area contributed by atoms with Crippen molar-refractivity contribution in [3.63, 3.8) is 0 Å². The average molecular weight is 544 g/mol. The maximum Gasteiger partial charge on any atom is 0.434 e. The second kappa shape index (κ2) is 11.1. The number of aryl methyl sites for hydroxylation is 1. The van der Waals surface area contributed by atoms with Crippen LogP contribution in [0.15, 0.2) is 16.6 Å². The van der Waals surface area contributed by atoms with Gasteiger partial charge in [-0.2, -0.15) is 18.3 Å². The Bertz CT molecular complexity index is 800. The van der Waals surface area contributed by atoms with Crippen LogP contribution in [0.1, 0.15) is 48.6 Å². The number of guanidine groups is 1. The molecule has 0 aliphatic heterocycles. The van der Waals surface area contributed by atoms with Gasteiger partial charge in [0.1, 0.15) is 0 Å². The van der Waals surface area contributed by atoms with Gasteiger partial charge in [0.05, 0.1) is 10.7 Å². The van der Waals surface area contributed by atoms with Gasteiger partial charge in [0, 0.05) is 57.3 Å². The zero-order chi connectivity index (χ0) is 20.9. The van der Waals surface area contributed by atoms with Crippen molar-refractivity contribution in [2.24, 2.45) is 12.0 Å². The van der Waals surface area contributed by atoms with E-state index in [1.807, 2.05) is 36.8 Å². The fraction of sp³-hybridized carbons (Fsp3) is 0.611. The van der Waals surface area contributed by atoms with Crippen molar-refractivity contribution in [3.05, 3.63) is 33.5 Å². The maximum atomic E-state index is 12.6. The summed E-state index contributed by atoms with van der Waals surface area (Å²) in [6.45, 7) is 7.89. The highest BCUT2D eigenvalue weighted by Gasteiger charge is 2.33. The molecule has 2 rings (SSSR count). The molecule has 2 aromatic heterocycles. The minimum atomic E-state index is -4.40. The minimum absolute atomic E-state index is 0. The Hall–Kier alpha value is -1.37. The van der Waals surface area contributed by atoms with Crippen molar-refractivity contribution in [2.45, 2.75) is 45.8 Å². The summed E-state index contributed by atoms with van der Waals surface area (Å²) in [7, 11) is 3.83. The van der Waals surface area contributed by atoms with Crippen LogP contribution < -0.4 is 5.32 Å². The Morgan fingerprint density at radius 1 is 1.38 bits per heavy atom. The fourth-order valence-corrected chi connectivity index (χ4v) is 3.57. The Morgan fingerprint density at radius 3 is 2.62 bits per heavy atom. The third kappa shape index (κ3) is 7.43. The fourth-order valence-electron chi connectivity index (χ4n) is 2.78. The summed E-state index contributed by atoms with van der Waals surface area (Å²) >= 11 is 1.01. The van der Waals surface area contributed by atoms with Crippen molar-refractivity contribution < 1.29 is 13.2 Å². The molecule has 0 aliphatic rings. The number of nitrogens with one attached hydrogen (secondary N) is 1. The van der Waals surface area contributed by atoms with Crippen LogP contribution in [0.5, 0.6) is 0 Å². The van der Waals surface area contributed by atoms with Gasteiger partial charge < -0.3 is 10.2 Å². The van der Waals surface area contributed by atoms with Gasteiger partial charge in [0.2, 0.25) is 0 Å². The molecule has 0 atom stereocenters. The van der Waals surface area contributed by atoms with E-state index in [0.29, 0.717) is 42.9 Å². The van der Waals surface area contributed by atoms with Crippen LogP contribution in [0.3, 0.4) is 0 Å². The van der Waals surface area contributed by atoms with E-state index in [4.69, 9.17) is 0 Å². The second-order valence-corrected chi connectivity index (χ2v) is 7.78. The first kappa shape index (κ1) is 25.7. The summed E-state index contributed by atoms with van der Waals surface area (Å²) in [5.74, 6) is 1.02. The van der Waals surface area contributed by atoms with E-state index < -0.39 is 11.9 Å².